The molecule has 0 aliphatic rings. The van der Waals surface area contributed by atoms with Crippen LogP contribution in [0.4, 0.5) is 0 Å². The van der Waals surface area contributed by atoms with Crippen LogP contribution < -0.4 is 15.4 Å². The summed E-state index contributed by atoms with van der Waals surface area (Å²) in [5.41, 5.74) is 0.492. The van der Waals surface area contributed by atoms with Crippen LogP contribution in [0.3, 0.4) is 0 Å². The number of amides is 2. The van der Waals surface area contributed by atoms with Gasteiger partial charge >= 0.3 is 0 Å². The number of ether oxygens (including phenoxy) is 1. The van der Waals surface area contributed by atoms with Crippen molar-refractivity contribution in [1.82, 2.24) is 15.5 Å². The summed E-state index contributed by atoms with van der Waals surface area (Å²) in [6.07, 6.45) is 0. The van der Waals surface area contributed by atoms with Crippen LogP contribution in [0.15, 0.2) is 41.8 Å². The zero-order chi connectivity index (χ0) is 18.9. The molecule has 0 aliphatic carbocycles. The van der Waals surface area contributed by atoms with Gasteiger partial charge in [-0.25, -0.2) is 0 Å². The first-order valence-electron chi connectivity index (χ1n) is 8.48. The summed E-state index contributed by atoms with van der Waals surface area (Å²) in [5.74, 6) is 0.211. The molecule has 6 nitrogen and oxygen atoms in total. The molecule has 140 valence electrons. The standard InChI is InChI=1S/C19H25N3O3S/c1-4-25-15-9-7-14(8-10-15)19(24)21-13-18(23)20-12-16(22(2)3)17-6-5-11-26-17/h5-11,16H,4,12-13H2,1-3H3,(H,20,23)(H,21,24). The Morgan fingerprint density at radius 2 is 1.88 bits per heavy atom. The summed E-state index contributed by atoms with van der Waals surface area (Å²) in [7, 11) is 3.95. The Balaban J connectivity index is 1.79. The third-order valence-corrected chi connectivity index (χ3v) is 4.80. The van der Waals surface area contributed by atoms with Crippen molar-refractivity contribution in [3.63, 3.8) is 0 Å². The van der Waals surface area contributed by atoms with Crippen LogP contribution in [0.1, 0.15) is 28.2 Å². The van der Waals surface area contributed by atoms with E-state index in [-0.39, 0.29) is 24.4 Å². The Morgan fingerprint density at radius 3 is 2.46 bits per heavy atom. The highest BCUT2D eigenvalue weighted by atomic mass is 32.1. The van der Waals surface area contributed by atoms with E-state index in [0.717, 1.165) is 0 Å². The number of hydrogen-bond acceptors (Lipinski definition) is 5. The van der Waals surface area contributed by atoms with Crippen molar-refractivity contribution in [3.05, 3.63) is 52.2 Å². The smallest absolute Gasteiger partial charge is 0.251 e. The van der Waals surface area contributed by atoms with E-state index in [1.807, 2.05) is 32.5 Å². The Morgan fingerprint density at radius 1 is 1.15 bits per heavy atom. The average Bonchev–Trinajstić information content (AvgIpc) is 3.15. The molecule has 0 bridgehead atoms. The highest BCUT2D eigenvalue weighted by molar-refractivity contribution is 7.10. The van der Waals surface area contributed by atoms with Gasteiger partial charge in [-0.15, -0.1) is 11.3 Å². The van der Waals surface area contributed by atoms with Crippen LogP contribution >= 0.6 is 11.3 Å². The first-order valence-corrected chi connectivity index (χ1v) is 9.36. The first-order chi connectivity index (χ1) is 12.5. The molecule has 0 saturated heterocycles. The Bertz CT molecular complexity index is 699. The van der Waals surface area contributed by atoms with Gasteiger partial charge in [0.05, 0.1) is 19.2 Å². The van der Waals surface area contributed by atoms with Gasteiger partial charge in [0.2, 0.25) is 5.91 Å². The molecule has 1 unspecified atom stereocenters. The van der Waals surface area contributed by atoms with Crippen molar-refractivity contribution in [2.24, 2.45) is 0 Å². The summed E-state index contributed by atoms with van der Waals surface area (Å²) in [6, 6.07) is 11.0. The average molecular weight is 375 g/mol. The summed E-state index contributed by atoms with van der Waals surface area (Å²) in [4.78, 5) is 27.4. The lowest BCUT2D eigenvalue weighted by atomic mass is 10.2. The second-order valence-electron chi connectivity index (χ2n) is 5.94. The fraction of sp³-hybridized carbons (Fsp3) is 0.368. The van der Waals surface area contributed by atoms with Crippen molar-refractivity contribution in [1.29, 1.82) is 0 Å². The van der Waals surface area contributed by atoms with Crippen molar-refractivity contribution in [3.8, 4) is 5.75 Å². The van der Waals surface area contributed by atoms with E-state index >= 15 is 0 Å². The van der Waals surface area contributed by atoms with Gasteiger partial charge in [0, 0.05) is 17.0 Å². The molecule has 7 heteroatoms. The summed E-state index contributed by atoms with van der Waals surface area (Å²) < 4.78 is 5.34. The van der Waals surface area contributed by atoms with Crippen LogP contribution in [0, 0.1) is 0 Å². The summed E-state index contributed by atoms with van der Waals surface area (Å²) >= 11 is 1.66. The van der Waals surface area contributed by atoms with Gasteiger partial charge in [-0.3, -0.25) is 9.59 Å². The molecule has 0 spiro atoms. The van der Waals surface area contributed by atoms with Crippen LogP contribution in [-0.2, 0) is 4.79 Å². The van der Waals surface area contributed by atoms with Crippen LogP contribution in [-0.4, -0.2) is 50.5 Å². The van der Waals surface area contributed by atoms with E-state index in [4.69, 9.17) is 4.74 Å². The number of nitrogens with one attached hydrogen (secondary N) is 2. The van der Waals surface area contributed by atoms with E-state index in [0.29, 0.717) is 24.5 Å². The van der Waals surface area contributed by atoms with Gasteiger partial charge in [-0.2, -0.15) is 0 Å². The van der Waals surface area contributed by atoms with Crippen molar-refractivity contribution in [2.45, 2.75) is 13.0 Å². The quantitative estimate of drug-likeness (QED) is 0.706. The molecule has 26 heavy (non-hydrogen) atoms. The van der Waals surface area contributed by atoms with Crippen LogP contribution in [0.2, 0.25) is 0 Å². The van der Waals surface area contributed by atoms with Gasteiger partial charge < -0.3 is 20.3 Å². The van der Waals surface area contributed by atoms with Crippen LogP contribution in [0.5, 0.6) is 5.75 Å². The maximum atomic E-state index is 12.1. The lowest BCUT2D eigenvalue weighted by Gasteiger charge is -2.23. The largest absolute Gasteiger partial charge is 0.494 e. The SMILES string of the molecule is CCOc1ccc(C(=O)NCC(=O)NCC(c2cccs2)N(C)C)cc1. The maximum Gasteiger partial charge on any atom is 0.251 e. The topological polar surface area (TPSA) is 70.7 Å². The summed E-state index contributed by atoms with van der Waals surface area (Å²) in [5, 5.41) is 7.53. The third-order valence-electron chi connectivity index (χ3n) is 3.82. The molecule has 1 atom stereocenters. The minimum atomic E-state index is -0.286. The number of hydrogen-bond donors (Lipinski definition) is 2. The normalized spacial score (nSPS) is 11.8. The molecular weight excluding hydrogens is 350 g/mol. The molecule has 0 radical (unpaired) electrons. The monoisotopic (exact) mass is 375 g/mol. The molecule has 2 aromatic rings. The van der Waals surface area contributed by atoms with Gasteiger partial charge in [-0.1, -0.05) is 6.07 Å². The molecular formula is C19H25N3O3S. The lowest BCUT2D eigenvalue weighted by molar-refractivity contribution is -0.120. The lowest BCUT2D eigenvalue weighted by Crippen LogP contribution is -2.40. The van der Waals surface area contributed by atoms with Gasteiger partial charge in [0.15, 0.2) is 0 Å². The van der Waals surface area contributed by atoms with Gasteiger partial charge in [0.1, 0.15) is 5.75 Å². The highest BCUT2D eigenvalue weighted by Crippen LogP contribution is 2.22. The molecule has 0 fully saturated rings. The van der Waals surface area contributed by atoms with E-state index < -0.39 is 0 Å². The maximum absolute atomic E-state index is 12.1. The number of nitrogens with zero attached hydrogens (tertiary/aromatic N) is 1. The Hall–Kier alpha value is -2.38. The Kier molecular flexibility index (Phi) is 7.62. The molecule has 1 aromatic heterocycles. The van der Waals surface area contributed by atoms with Crippen molar-refractivity contribution < 1.29 is 14.3 Å². The number of rotatable bonds is 9. The van der Waals surface area contributed by atoms with E-state index in [9.17, 15) is 9.59 Å². The van der Waals surface area contributed by atoms with Crippen LogP contribution in [0.25, 0.3) is 0 Å². The third kappa shape index (κ3) is 5.86. The zero-order valence-electron chi connectivity index (χ0n) is 15.3. The first kappa shape index (κ1) is 19.9. The number of carbonyl (C=O) groups is 2. The fourth-order valence-electron chi connectivity index (χ4n) is 2.42. The van der Waals surface area contributed by atoms with Gasteiger partial charge in [0.25, 0.3) is 5.91 Å². The number of likely N-dealkylation sites (N-methyl/N-ethyl adjacent to an activating group) is 1. The predicted octanol–water partition coefficient (Wildman–Crippen LogP) is 2.30. The number of thiophene rings is 1. The fourth-order valence-corrected chi connectivity index (χ4v) is 3.35. The van der Waals surface area contributed by atoms with Crippen molar-refractivity contribution >= 4 is 23.2 Å². The molecule has 2 rings (SSSR count). The number of benzene rings is 1. The number of carbonyl (C=O) groups excluding carboxylic acids is 2. The van der Waals surface area contributed by atoms with Gasteiger partial charge in [-0.05, 0) is 56.7 Å². The predicted molar refractivity (Wildman–Crippen MR) is 104 cm³/mol. The zero-order valence-corrected chi connectivity index (χ0v) is 16.1. The minimum Gasteiger partial charge on any atom is -0.494 e. The van der Waals surface area contributed by atoms with Crippen molar-refractivity contribution in [2.75, 3.05) is 33.8 Å². The molecule has 2 N–H and O–H groups in total. The second-order valence-corrected chi connectivity index (χ2v) is 6.92. The van der Waals surface area contributed by atoms with E-state index in [2.05, 4.69) is 21.6 Å². The second kappa shape index (κ2) is 9.94. The molecule has 0 saturated carbocycles. The van der Waals surface area contributed by atoms with E-state index in [1.54, 1.807) is 35.6 Å². The van der Waals surface area contributed by atoms with E-state index in [1.165, 1.54) is 4.88 Å². The Labute approximate surface area is 158 Å². The molecule has 0 aliphatic heterocycles. The molecule has 1 heterocycles. The molecule has 2 amide bonds. The molecule has 1 aromatic carbocycles. The summed E-state index contributed by atoms with van der Waals surface area (Å²) in [6.45, 7) is 2.91. The minimum absolute atomic E-state index is 0.0589. The highest BCUT2D eigenvalue weighted by Gasteiger charge is 2.16.